The van der Waals surface area contributed by atoms with E-state index >= 15 is 0 Å². The molecule has 1 atom stereocenters. The molecular formula is C20H19ClN2O4S2. The molecule has 1 unspecified atom stereocenters. The number of hydrogen-bond acceptors (Lipinski definition) is 5. The number of pyridine rings is 1. The maximum Gasteiger partial charge on any atom is 0.240 e. The molecule has 9 heteroatoms. The SMILES string of the molecule is Cc1ccc(S(=O)(=O)C(CNS(=O)(=O)c2cccc(Cl)c2)c2cccnc2)cc1. The second-order valence-corrected chi connectivity index (χ2v) is 10.8. The number of sulfone groups is 1. The van der Waals surface area contributed by atoms with Crippen molar-refractivity contribution in [3.8, 4) is 0 Å². The van der Waals surface area contributed by atoms with E-state index in [1.54, 1.807) is 30.3 Å². The van der Waals surface area contributed by atoms with Gasteiger partial charge in [-0.05, 0) is 48.9 Å². The zero-order valence-electron chi connectivity index (χ0n) is 15.5. The van der Waals surface area contributed by atoms with Crippen LogP contribution in [0.5, 0.6) is 0 Å². The number of benzene rings is 2. The van der Waals surface area contributed by atoms with Gasteiger partial charge in [0.15, 0.2) is 9.84 Å². The van der Waals surface area contributed by atoms with Crippen LogP contribution in [0, 0.1) is 6.92 Å². The van der Waals surface area contributed by atoms with E-state index in [4.69, 9.17) is 11.6 Å². The fourth-order valence-electron chi connectivity index (χ4n) is 2.77. The number of nitrogens with one attached hydrogen (secondary N) is 1. The minimum atomic E-state index is -3.95. The number of rotatable bonds is 7. The molecule has 29 heavy (non-hydrogen) atoms. The fourth-order valence-corrected chi connectivity index (χ4v) is 5.87. The van der Waals surface area contributed by atoms with Crippen LogP contribution in [0.4, 0.5) is 0 Å². The van der Waals surface area contributed by atoms with Crippen LogP contribution in [0.1, 0.15) is 16.4 Å². The Hall–Kier alpha value is -2.26. The monoisotopic (exact) mass is 450 g/mol. The summed E-state index contributed by atoms with van der Waals surface area (Å²) in [6.45, 7) is 1.50. The molecule has 1 N–H and O–H groups in total. The van der Waals surface area contributed by atoms with Gasteiger partial charge in [0.1, 0.15) is 5.25 Å². The van der Waals surface area contributed by atoms with Gasteiger partial charge in [-0.15, -0.1) is 0 Å². The molecule has 152 valence electrons. The normalized spacial score (nSPS) is 13.2. The summed E-state index contributed by atoms with van der Waals surface area (Å²) in [6.07, 6.45) is 2.94. The molecule has 0 saturated carbocycles. The fraction of sp³-hybridized carbons (Fsp3) is 0.150. The molecule has 0 aliphatic heterocycles. The Balaban J connectivity index is 1.96. The third kappa shape index (κ3) is 5.02. The lowest BCUT2D eigenvalue weighted by molar-refractivity contribution is 0.568. The van der Waals surface area contributed by atoms with Crippen LogP contribution >= 0.6 is 11.6 Å². The Morgan fingerprint density at radius 2 is 1.69 bits per heavy atom. The molecule has 0 spiro atoms. The molecule has 3 rings (SSSR count). The average molecular weight is 451 g/mol. The Bertz CT molecular complexity index is 1200. The number of aromatic nitrogens is 1. The first kappa shape index (κ1) is 21.4. The average Bonchev–Trinajstić information content (AvgIpc) is 2.69. The maximum atomic E-state index is 13.3. The number of halogens is 1. The molecule has 0 aliphatic rings. The predicted octanol–water partition coefficient (Wildman–Crippen LogP) is 3.54. The molecule has 0 fully saturated rings. The van der Waals surface area contributed by atoms with Crippen LogP contribution in [0.2, 0.25) is 5.02 Å². The van der Waals surface area contributed by atoms with Crippen molar-refractivity contribution >= 4 is 31.5 Å². The summed E-state index contributed by atoms with van der Waals surface area (Å²) in [5.74, 6) is 0. The summed E-state index contributed by atoms with van der Waals surface area (Å²) in [4.78, 5) is 4.05. The smallest absolute Gasteiger partial charge is 0.240 e. The molecule has 0 amide bonds. The number of nitrogens with zero attached hydrogens (tertiary/aromatic N) is 1. The van der Waals surface area contributed by atoms with Crippen molar-refractivity contribution in [1.29, 1.82) is 0 Å². The number of sulfonamides is 1. The Morgan fingerprint density at radius 1 is 0.966 bits per heavy atom. The summed E-state index contributed by atoms with van der Waals surface area (Å²) < 4.78 is 54.2. The van der Waals surface area contributed by atoms with E-state index in [-0.39, 0.29) is 21.4 Å². The highest BCUT2D eigenvalue weighted by Crippen LogP contribution is 2.29. The van der Waals surface area contributed by atoms with Crippen LogP contribution < -0.4 is 4.72 Å². The van der Waals surface area contributed by atoms with Crippen molar-refractivity contribution in [2.75, 3.05) is 6.54 Å². The summed E-state index contributed by atoms with van der Waals surface area (Å²) >= 11 is 5.88. The zero-order valence-corrected chi connectivity index (χ0v) is 17.9. The highest BCUT2D eigenvalue weighted by atomic mass is 35.5. The van der Waals surface area contributed by atoms with Crippen molar-refractivity contribution in [3.63, 3.8) is 0 Å². The molecule has 0 saturated heterocycles. The van der Waals surface area contributed by atoms with Gasteiger partial charge in [-0.1, -0.05) is 41.4 Å². The van der Waals surface area contributed by atoms with Crippen LogP contribution in [-0.2, 0) is 19.9 Å². The second kappa shape index (κ2) is 8.62. The third-order valence-electron chi connectivity index (χ3n) is 4.35. The quantitative estimate of drug-likeness (QED) is 0.594. The highest BCUT2D eigenvalue weighted by Gasteiger charge is 2.31. The van der Waals surface area contributed by atoms with Crippen molar-refractivity contribution in [2.24, 2.45) is 0 Å². The summed E-state index contributed by atoms with van der Waals surface area (Å²) in [6, 6.07) is 15.4. The number of aryl methyl sites for hydroxylation is 1. The van der Waals surface area contributed by atoms with Crippen LogP contribution in [0.15, 0.2) is 82.8 Å². The highest BCUT2D eigenvalue weighted by molar-refractivity contribution is 7.92. The molecule has 6 nitrogen and oxygen atoms in total. The maximum absolute atomic E-state index is 13.3. The van der Waals surface area contributed by atoms with E-state index in [9.17, 15) is 16.8 Å². The lowest BCUT2D eigenvalue weighted by Crippen LogP contribution is -2.32. The molecule has 0 bridgehead atoms. The van der Waals surface area contributed by atoms with Gasteiger partial charge in [-0.3, -0.25) is 4.98 Å². The van der Waals surface area contributed by atoms with E-state index in [2.05, 4.69) is 9.71 Å². The Kier molecular flexibility index (Phi) is 6.38. The largest absolute Gasteiger partial charge is 0.264 e. The molecule has 1 aromatic heterocycles. The van der Waals surface area contributed by atoms with Crippen molar-refractivity contribution in [1.82, 2.24) is 9.71 Å². The van der Waals surface area contributed by atoms with E-state index in [0.717, 1.165) is 5.56 Å². The zero-order chi connectivity index (χ0) is 21.1. The van der Waals surface area contributed by atoms with Crippen LogP contribution in [0.3, 0.4) is 0 Å². The van der Waals surface area contributed by atoms with Crippen molar-refractivity contribution in [3.05, 3.63) is 89.2 Å². The predicted molar refractivity (Wildman–Crippen MR) is 112 cm³/mol. The minimum absolute atomic E-state index is 0.0392. The Labute approximate surface area is 175 Å². The molecule has 1 heterocycles. The molecule has 2 aromatic carbocycles. The minimum Gasteiger partial charge on any atom is -0.264 e. The van der Waals surface area contributed by atoms with E-state index in [0.29, 0.717) is 5.56 Å². The van der Waals surface area contributed by atoms with E-state index < -0.39 is 25.1 Å². The third-order valence-corrected chi connectivity index (χ3v) is 8.12. The standard InChI is InChI=1S/C20H19ClN2O4S2/c1-15-7-9-18(10-8-15)28(24,25)20(16-4-3-11-22-13-16)14-23-29(26,27)19-6-2-5-17(21)12-19/h2-13,20,23H,14H2,1H3. The first-order valence-electron chi connectivity index (χ1n) is 8.66. The van der Waals surface area contributed by atoms with Gasteiger partial charge < -0.3 is 0 Å². The van der Waals surface area contributed by atoms with Gasteiger partial charge >= 0.3 is 0 Å². The Morgan fingerprint density at radius 3 is 2.31 bits per heavy atom. The van der Waals surface area contributed by atoms with Crippen LogP contribution in [-0.4, -0.2) is 28.4 Å². The van der Waals surface area contributed by atoms with Crippen molar-refractivity contribution in [2.45, 2.75) is 22.0 Å². The van der Waals surface area contributed by atoms with Gasteiger partial charge in [0.25, 0.3) is 0 Å². The van der Waals surface area contributed by atoms with Gasteiger partial charge in [-0.2, -0.15) is 0 Å². The van der Waals surface area contributed by atoms with Crippen molar-refractivity contribution < 1.29 is 16.8 Å². The summed E-state index contributed by atoms with van der Waals surface area (Å²) in [5, 5.41) is -0.878. The summed E-state index contributed by atoms with van der Waals surface area (Å²) in [7, 11) is -7.83. The van der Waals surface area contributed by atoms with Gasteiger partial charge in [0.05, 0.1) is 9.79 Å². The molecular weight excluding hydrogens is 432 g/mol. The molecule has 3 aromatic rings. The van der Waals surface area contributed by atoms with E-state index in [1.165, 1.54) is 42.7 Å². The lowest BCUT2D eigenvalue weighted by atomic mass is 10.2. The second-order valence-electron chi connectivity index (χ2n) is 6.44. The molecule has 0 radical (unpaired) electrons. The van der Waals surface area contributed by atoms with Crippen LogP contribution in [0.25, 0.3) is 0 Å². The first-order chi connectivity index (χ1) is 13.7. The summed E-state index contributed by atoms with van der Waals surface area (Å²) in [5.41, 5.74) is 1.31. The van der Waals surface area contributed by atoms with Gasteiger partial charge in [0.2, 0.25) is 10.0 Å². The molecule has 0 aliphatic carbocycles. The van der Waals surface area contributed by atoms with Gasteiger partial charge in [-0.25, -0.2) is 21.6 Å². The van der Waals surface area contributed by atoms with Gasteiger partial charge in [0, 0.05) is 24.0 Å². The first-order valence-corrected chi connectivity index (χ1v) is 12.1. The van der Waals surface area contributed by atoms with E-state index in [1.807, 2.05) is 6.92 Å². The number of hydrogen-bond donors (Lipinski definition) is 1. The topological polar surface area (TPSA) is 93.2 Å². The lowest BCUT2D eigenvalue weighted by Gasteiger charge is -2.19.